The number of aromatic carboxylic acids is 1. The Labute approximate surface area is 245 Å². The Kier molecular flexibility index (Phi) is 7.43. The first-order valence-corrected chi connectivity index (χ1v) is 13.7. The van der Waals surface area contributed by atoms with Gasteiger partial charge < -0.3 is 33.8 Å². The Bertz CT molecular complexity index is 1870. The summed E-state index contributed by atoms with van der Waals surface area (Å²) in [6.45, 7) is 1.60. The van der Waals surface area contributed by atoms with Crippen molar-refractivity contribution in [2.75, 3.05) is 26.3 Å². The van der Waals surface area contributed by atoms with Crippen LogP contribution in [0.1, 0.15) is 34.0 Å². The molecule has 1 amide bonds. The number of phenols is 2. The van der Waals surface area contributed by atoms with Gasteiger partial charge >= 0.3 is 5.97 Å². The molecule has 3 aromatic carbocycles. The summed E-state index contributed by atoms with van der Waals surface area (Å²) in [4.78, 5) is 39.8. The van der Waals surface area contributed by atoms with Crippen LogP contribution in [0.3, 0.4) is 0 Å². The van der Waals surface area contributed by atoms with Gasteiger partial charge in [0.05, 0.1) is 24.7 Å². The number of morpholine rings is 1. The van der Waals surface area contributed by atoms with Gasteiger partial charge in [-0.15, -0.1) is 0 Å². The number of furan rings is 1. The van der Waals surface area contributed by atoms with Gasteiger partial charge in [-0.2, -0.15) is 0 Å². The molecule has 10 heteroatoms. The van der Waals surface area contributed by atoms with Crippen molar-refractivity contribution >= 4 is 22.8 Å². The number of phenolic OH excluding ortho intramolecular Hbond substituents is 2. The molecule has 1 aliphatic rings. The topological polar surface area (TPSA) is 151 Å². The minimum absolute atomic E-state index is 0.0626. The molecule has 1 atom stereocenters. The van der Waals surface area contributed by atoms with Gasteiger partial charge in [-0.3, -0.25) is 9.59 Å². The van der Waals surface area contributed by atoms with Gasteiger partial charge in [-0.1, -0.05) is 42.5 Å². The van der Waals surface area contributed by atoms with Crippen molar-refractivity contribution in [3.8, 4) is 34.1 Å². The molecular formula is C33H27NO9. The molecule has 1 unspecified atom stereocenters. The van der Waals surface area contributed by atoms with Crippen molar-refractivity contribution in [1.29, 1.82) is 0 Å². The van der Waals surface area contributed by atoms with Crippen LogP contribution in [-0.4, -0.2) is 58.4 Å². The smallest absolute Gasteiger partial charge is 0.335 e. The van der Waals surface area contributed by atoms with Crippen LogP contribution in [0.25, 0.3) is 33.6 Å². The fourth-order valence-corrected chi connectivity index (χ4v) is 5.34. The molecule has 10 nitrogen and oxygen atoms in total. The maximum atomic E-state index is 13.6. The highest BCUT2D eigenvalue weighted by Crippen LogP contribution is 2.44. The molecule has 3 N–H and O–H groups in total. The molecular weight excluding hydrogens is 554 g/mol. The number of nitrogens with zero attached hydrogens (tertiary/aromatic N) is 1. The number of fused-ring (bicyclic) bond motifs is 1. The predicted molar refractivity (Wildman–Crippen MR) is 156 cm³/mol. The van der Waals surface area contributed by atoms with E-state index in [9.17, 15) is 29.7 Å². The van der Waals surface area contributed by atoms with Gasteiger partial charge in [0.15, 0.2) is 5.43 Å². The Morgan fingerprint density at radius 2 is 1.51 bits per heavy atom. The number of hydrogen-bond donors (Lipinski definition) is 3. The highest BCUT2D eigenvalue weighted by Gasteiger charge is 2.32. The SMILES string of the molecule is O=C(O)c1ccc(-c2ccc(C(CC(=O)N3CCOCC3)c3c(O)cc(O)c4c(=O)cc(-c5ccccc5)oc34)o2)cc1. The maximum absolute atomic E-state index is 13.6. The molecule has 218 valence electrons. The van der Waals surface area contributed by atoms with Gasteiger partial charge in [-0.25, -0.2) is 4.79 Å². The minimum Gasteiger partial charge on any atom is -0.507 e. The van der Waals surface area contributed by atoms with E-state index in [1.165, 1.54) is 18.2 Å². The molecule has 43 heavy (non-hydrogen) atoms. The van der Waals surface area contributed by atoms with E-state index in [1.807, 2.05) is 6.07 Å². The lowest BCUT2D eigenvalue weighted by atomic mass is 9.89. The number of benzene rings is 3. The molecule has 5 aromatic rings. The number of hydrogen-bond acceptors (Lipinski definition) is 8. The van der Waals surface area contributed by atoms with Gasteiger partial charge in [0, 0.05) is 48.3 Å². The Morgan fingerprint density at radius 3 is 2.21 bits per heavy atom. The average molecular weight is 582 g/mol. The Balaban J connectivity index is 1.51. The molecule has 1 fully saturated rings. The first kappa shape index (κ1) is 27.8. The molecule has 0 saturated carbocycles. The van der Waals surface area contributed by atoms with Crippen LogP contribution in [-0.2, 0) is 9.53 Å². The third-order valence-electron chi connectivity index (χ3n) is 7.53. The third kappa shape index (κ3) is 5.47. The van der Waals surface area contributed by atoms with E-state index in [4.69, 9.17) is 13.6 Å². The van der Waals surface area contributed by atoms with Crippen LogP contribution in [0.15, 0.2) is 92.5 Å². The lowest BCUT2D eigenvalue weighted by Crippen LogP contribution is -2.41. The highest BCUT2D eigenvalue weighted by molar-refractivity contribution is 5.91. The summed E-state index contributed by atoms with van der Waals surface area (Å²) in [5, 5.41) is 31.0. The molecule has 2 aromatic heterocycles. The summed E-state index contributed by atoms with van der Waals surface area (Å²) >= 11 is 0. The molecule has 0 radical (unpaired) electrons. The summed E-state index contributed by atoms with van der Waals surface area (Å²) < 4.78 is 17.8. The van der Waals surface area contributed by atoms with E-state index >= 15 is 0 Å². The fourth-order valence-electron chi connectivity index (χ4n) is 5.34. The zero-order valence-electron chi connectivity index (χ0n) is 22.9. The van der Waals surface area contributed by atoms with Gasteiger partial charge in [0.1, 0.15) is 39.7 Å². The van der Waals surface area contributed by atoms with Crippen molar-refractivity contribution in [1.82, 2.24) is 4.90 Å². The summed E-state index contributed by atoms with van der Waals surface area (Å²) in [6.07, 6.45) is -0.141. The van der Waals surface area contributed by atoms with Gasteiger partial charge in [0.2, 0.25) is 5.91 Å². The molecule has 0 spiro atoms. The van der Waals surface area contributed by atoms with Crippen LogP contribution in [0, 0.1) is 0 Å². The second kappa shape index (κ2) is 11.5. The van der Waals surface area contributed by atoms with Crippen molar-refractivity contribution < 1.29 is 38.5 Å². The highest BCUT2D eigenvalue weighted by atomic mass is 16.5. The third-order valence-corrected chi connectivity index (χ3v) is 7.53. The molecule has 0 aliphatic carbocycles. The number of rotatable bonds is 7. The quantitative estimate of drug-likeness (QED) is 0.235. The summed E-state index contributed by atoms with van der Waals surface area (Å²) in [5.41, 5.74) is 0.873. The first-order chi connectivity index (χ1) is 20.8. The zero-order chi connectivity index (χ0) is 30.1. The second-order valence-corrected chi connectivity index (χ2v) is 10.2. The molecule has 6 rings (SSSR count). The average Bonchev–Trinajstić information content (AvgIpc) is 3.51. The molecule has 1 saturated heterocycles. The first-order valence-electron chi connectivity index (χ1n) is 13.7. The van der Waals surface area contributed by atoms with Crippen LogP contribution in [0.5, 0.6) is 11.5 Å². The summed E-state index contributed by atoms with van der Waals surface area (Å²) in [7, 11) is 0. The Morgan fingerprint density at radius 1 is 0.814 bits per heavy atom. The summed E-state index contributed by atoms with van der Waals surface area (Å²) in [5.74, 6) is -2.10. The van der Waals surface area contributed by atoms with E-state index < -0.39 is 23.1 Å². The van der Waals surface area contributed by atoms with Crippen molar-refractivity contribution in [2.24, 2.45) is 0 Å². The van der Waals surface area contributed by atoms with Crippen LogP contribution in [0.4, 0.5) is 0 Å². The van der Waals surface area contributed by atoms with Gasteiger partial charge in [-0.05, 0) is 24.3 Å². The number of ether oxygens (including phenoxy) is 1. The van der Waals surface area contributed by atoms with Crippen molar-refractivity contribution in [3.05, 3.63) is 106 Å². The molecule has 1 aliphatic heterocycles. The number of carbonyl (C=O) groups is 2. The minimum atomic E-state index is -1.06. The lowest BCUT2D eigenvalue weighted by molar-refractivity contribution is -0.135. The van der Waals surface area contributed by atoms with E-state index in [0.29, 0.717) is 49.0 Å². The monoisotopic (exact) mass is 581 g/mol. The number of carboxylic acid groups (broad SMARTS) is 1. The van der Waals surface area contributed by atoms with E-state index in [0.717, 1.165) is 6.07 Å². The number of carboxylic acids is 1. The fraction of sp³-hybridized carbons (Fsp3) is 0.182. The van der Waals surface area contributed by atoms with E-state index in [1.54, 1.807) is 53.4 Å². The standard InChI is InChI=1S/C33H27NO9/c35-23-17-24(36)31-25(37)18-28(19-4-2-1-3-5-19)43-32(31)30(23)22(16-29(38)34-12-14-41-15-13-34)27-11-10-26(42-27)20-6-8-21(9-7-20)33(39)40/h1-11,17-18,22,35-36H,12-16H2,(H,39,40). The van der Waals surface area contributed by atoms with Crippen molar-refractivity contribution in [3.63, 3.8) is 0 Å². The van der Waals surface area contributed by atoms with E-state index in [-0.39, 0.29) is 45.9 Å². The van der Waals surface area contributed by atoms with Crippen molar-refractivity contribution in [2.45, 2.75) is 12.3 Å². The van der Waals surface area contributed by atoms with Crippen LogP contribution < -0.4 is 5.43 Å². The van der Waals surface area contributed by atoms with Crippen LogP contribution in [0.2, 0.25) is 0 Å². The van der Waals surface area contributed by atoms with E-state index in [2.05, 4.69) is 0 Å². The number of amides is 1. The normalized spacial score (nSPS) is 14.1. The molecule has 3 heterocycles. The molecule has 0 bridgehead atoms. The predicted octanol–water partition coefficient (Wildman–Crippen LogP) is 5.21. The largest absolute Gasteiger partial charge is 0.507 e. The lowest BCUT2D eigenvalue weighted by Gasteiger charge is -2.28. The number of carbonyl (C=O) groups excluding carboxylic acids is 1. The summed E-state index contributed by atoms with van der Waals surface area (Å²) in [6, 6.07) is 20.7. The maximum Gasteiger partial charge on any atom is 0.335 e. The Hall–Kier alpha value is -5.35. The number of aromatic hydroxyl groups is 2. The van der Waals surface area contributed by atoms with Crippen LogP contribution >= 0.6 is 0 Å². The van der Waals surface area contributed by atoms with Gasteiger partial charge in [0.25, 0.3) is 0 Å². The zero-order valence-corrected chi connectivity index (χ0v) is 22.9. The second-order valence-electron chi connectivity index (χ2n) is 10.2.